The third kappa shape index (κ3) is 3.96. The molecule has 0 radical (unpaired) electrons. The molecule has 1 aromatic heterocycles. The molecule has 116 valence electrons. The third-order valence-corrected chi connectivity index (χ3v) is 5.05. The molecule has 1 fully saturated rings. The van der Waals surface area contributed by atoms with Crippen LogP contribution in [-0.2, 0) is 11.2 Å². The molecule has 1 aliphatic heterocycles. The Hall–Kier alpha value is -1.65. The summed E-state index contributed by atoms with van der Waals surface area (Å²) >= 11 is 1.64. The second-order valence-corrected chi connectivity index (χ2v) is 6.76. The van der Waals surface area contributed by atoms with E-state index in [0.29, 0.717) is 13.0 Å². The number of benzene rings is 1. The highest BCUT2D eigenvalue weighted by molar-refractivity contribution is 7.10. The minimum absolute atomic E-state index is 0.113. The van der Waals surface area contributed by atoms with Crippen molar-refractivity contribution in [3.05, 3.63) is 58.3 Å². The Labute approximate surface area is 136 Å². The molecule has 1 aromatic carbocycles. The van der Waals surface area contributed by atoms with Gasteiger partial charge in [0, 0.05) is 11.4 Å². The first-order valence-corrected chi connectivity index (χ1v) is 8.79. The number of carbonyl (C=O) groups is 1. The SMILES string of the molecule is O=C(Cc1cccs1)NCC(c1ccccc1)N1CCCC1. The maximum absolute atomic E-state index is 12.1. The molecule has 3 rings (SSSR count). The number of nitrogens with one attached hydrogen (secondary N) is 1. The van der Waals surface area contributed by atoms with E-state index in [4.69, 9.17) is 0 Å². The van der Waals surface area contributed by atoms with Gasteiger partial charge < -0.3 is 5.32 Å². The van der Waals surface area contributed by atoms with Gasteiger partial charge >= 0.3 is 0 Å². The average Bonchev–Trinajstić information content (AvgIpc) is 3.22. The van der Waals surface area contributed by atoms with Gasteiger partial charge in [0.1, 0.15) is 0 Å². The molecule has 1 amide bonds. The maximum atomic E-state index is 12.1. The highest BCUT2D eigenvalue weighted by Crippen LogP contribution is 2.24. The Kier molecular flexibility index (Phi) is 5.24. The van der Waals surface area contributed by atoms with Gasteiger partial charge in [-0.05, 0) is 42.9 Å². The van der Waals surface area contributed by atoms with Gasteiger partial charge in [-0.2, -0.15) is 0 Å². The van der Waals surface area contributed by atoms with E-state index in [-0.39, 0.29) is 11.9 Å². The second-order valence-electron chi connectivity index (χ2n) is 5.73. The Morgan fingerprint density at radius 2 is 1.91 bits per heavy atom. The highest BCUT2D eigenvalue weighted by Gasteiger charge is 2.23. The Morgan fingerprint density at radius 1 is 1.14 bits per heavy atom. The number of carbonyl (C=O) groups excluding carboxylic acids is 1. The minimum Gasteiger partial charge on any atom is -0.354 e. The van der Waals surface area contributed by atoms with E-state index >= 15 is 0 Å². The van der Waals surface area contributed by atoms with Gasteiger partial charge in [0.05, 0.1) is 12.5 Å². The molecular formula is C18H22N2OS. The van der Waals surface area contributed by atoms with E-state index in [0.717, 1.165) is 18.0 Å². The van der Waals surface area contributed by atoms with Crippen LogP contribution in [0, 0.1) is 0 Å². The molecule has 0 spiro atoms. The first-order valence-electron chi connectivity index (χ1n) is 7.91. The summed E-state index contributed by atoms with van der Waals surface area (Å²) in [5.41, 5.74) is 1.29. The second kappa shape index (κ2) is 7.56. The van der Waals surface area contributed by atoms with Crippen molar-refractivity contribution in [2.75, 3.05) is 19.6 Å². The topological polar surface area (TPSA) is 32.3 Å². The number of hydrogen-bond acceptors (Lipinski definition) is 3. The molecule has 22 heavy (non-hydrogen) atoms. The summed E-state index contributed by atoms with van der Waals surface area (Å²) in [6.45, 7) is 2.94. The number of hydrogen-bond donors (Lipinski definition) is 1. The van der Waals surface area contributed by atoms with Crippen molar-refractivity contribution in [3.63, 3.8) is 0 Å². The van der Waals surface area contributed by atoms with E-state index in [1.54, 1.807) is 11.3 Å². The van der Waals surface area contributed by atoms with E-state index in [2.05, 4.69) is 34.5 Å². The van der Waals surface area contributed by atoms with Gasteiger partial charge in [-0.3, -0.25) is 9.69 Å². The zero-order chi connectivity index (χ0) is 15.2. The predicted molar refractivity (Wildman–Crippen MR) is 91.0 cm³/mol. The summed E-state index contributed by atoms with van der Waals surface area (Å²) in [4.78, 5) is 15.7. The molecule has 0 aliphatic carbocycles. The first kappa shape index (κ1) is 15.3. The molecule has 0 bridgehead atoms. The van der Waals surface area contributed by atoms with Gasteiger partial charge in [0.2, 0.25) is 5.91 Å². The summed E-state index contributed by atoms with van der Waals surface area (Å²) < 4.78 is 0. The highest BCUT2D eigenvalue weighted by atomic mass is 32.1. The summed E-state index contributed by atoms with van der Waals surface area (Å²) in [7, 11) is 0. The summed E-state index contributed by atoms with van der Waals surface area (Å²) in [5.74, 6) is 0.113. The Morgan fingerprint density at radius 3 is 2.59 bits per heavy atom. The summed E-state index contributed by atoms with van der Waals surface area (Å²) in [6.07, 6.45) is 3.00. The number of likely N-dealkylation sites (tertiary alicyclic amines) is 1. The van der Waals surface area contributed by atoms with E-state index in [1.165, 1.54) is 18.4 Å². The van der Waals surface area contributed by atoms with Crippen LogP contribution in [0.3, 0.4) is 0 Å². The van der Waals surface area contributed by atoms with Crippen molar-refractivity contribution in [2.45, 2.75) is 25.3 Å². The fourth-order valence-electron chi connectivity index (χ4n) is 3.03. The zero-order valence-corrected chi connectivity index (χ0v) is 13.5. The van der Waals surface area contributed by atoms with Crippen LogP contribution in [0.2, 0.25) is 0 Å². The standard InChI is InChI=1S/C18H22N2OS/c21-18(13-16-9-6-12-22-16)19-14-17(20-10-4-5-11-20)15-7-2-1-3-8-15/h1-3,6-9,12,17H,4-5,10-11,13-14H2,(H,19,21). The van der Waals surface area contributed by atoms with Crippen LogP contribution in [0.1, 0.15) is 29.3 Å². The van der Waals surface area contributed by atoms with Gasteiger partial charge in [0.15, 0.2) is 0 Å². The third-order valence-electron chi connectivity index (χ3n) is 4.17. The molecular weight excluding hydrogens is 292 g/mol. The Bertz CT molecular complexity index is 576. The lowest BCUT2D eigenvalue weighted by Crippen LogP contribution is -2.37. The van der Waals surface area contributed by atoms with Gasteiger partial charge in [-0.25, -0.2) is 0 Å². The van der Waals surface area contributed by atoms with E-state index in [1.807, 2.05) is 23.6 Å². The monoisotopic (exact) mass is 314 g/mol. The van der Waals surface area contributed by atoms with Crippen molar-refractivity contribution in [1.29, 1.82) is 0 Å². The lowest BCUT2D eigenvalue weighted by atomic mass is 10.1. The molecule has 1 atom stereocenters. The maximum Gasteiger partial charge on any atom is 0.225 e. The molecule has 0 saturated carbocycles. The molecule has 1 aliphatic rings. The fourth-order valence-corrected chi connectivity index (χ4v) is 3.73. The van der Waals surface area contributed by atoms with Crippen LogP contribution in [0.25, 0.3) is 0 Å². The van der Waals surface area contributed by atoms with Gasteiger partial charge in [0.25, 0.3) is 0 Å². The zero-order valence-electron chi connectivity index (χ0n) is 12.7. The van der Waals surface area contributed by atoms with Crippen LogP contribution in [0.15, 0.2) is 47.8 Å². The lowest BCUT2D eigenvalue weighted by Gasteiger charge is -2.28. The van der Waals surface area contributed by atoms with Crippen molar-refractivity contribution >= 4 is 17.2 Å². The molecule has 1 saturated heterocycles. The van der Waals surface area contributed by atoms with Crippen LogP contribution in [0.4, 0.5) is 0 Å². The number of thiophene rings is 1. The number of rotatable bonds is 6. The van der Waals surface area contributed by atoms with Crippen molar-refractivity contribution in [1.82, 2.24) is 10.2 Å². The Balaban J connectivity index is 1.61. The molecule has 2 heterocycles. The molecule has 1 N–H and O–H groups in total. The lowest BCUT2D eigenvalue weighted by molar-refractivity contribution is -0.120. The number of nitrogens with zero attached hydrogens (tertiary/aromatic N) is 1. The predicted octanol–water partition coefficient (Wildman–Crippen LogP) is 3.24. The van der Waals surface area contributed by atoms with Crippen LogP contribution in [-0.4, -0.2) is 30.4 Å². The molecule has 1 unspecified atom stereocenters. The van der Waals surface area contributed by atoms with Crippen molar-refractivity contribution in [2.24, 2.45) is 0 Å². The van der Waals surface area contributed by atoms with Gasteiger partial charge in [-0.1, -0.05) is 36.4 Å². The molecule has 4 heteroatoms. The van der Waals surface area contributed by atoms with Crippen LogP contribution in [0.5, 0.6) is 0 Å². The fraction of sp³-hybridized carbons (Fsp3) is 0.389. The average molecular weight is 314 g/mol. The molecule has 2 aromatic rings. The van der Waals surface area contributed by atoms with Gasteiger partial charge in [-0.15, -0.1) is 11.3 Å². The van der Waals surface area contributed by atoms with Crippen molar-refractivity contribution in [3.8, 4) is 0 Å². The normalized spacial score (nSPS) is 16.5. The van der Waals surface area contributed by atoms with E-state index in [9.17, 15) is 4.79 Å². The van der Waals surface area contributed by atoms with E-state index < -0.39 is 0 Å². The van der Waals surface area contributed by atoms with Crippen LogP contribution >= 0.6 is 11.3 Å². The number of amides is 1. The minimum atomic E-state index is 0.113. The van der Waals surface area contributed by atoms with Crippen molar-refractivity contribution < 1.29 is 4.79 Å². The smallest absolute Gasteiger partial charge is 0.225 e. The quantitative estimate of drug-likeness (QED) is 0.888. The van der Waals surface area contributed by atoms with Crippen LogP contribution < -0.4 is 5.32 Å². The summed E-state index contributed by atoms with van der Waals surface area (Å²) in [6, 6.07) is 14.8. The molecule has 3 nitrogen and oxygen atoms in total. The first-order chi connectivity index (χ1) is 10.8. The largest absolute Gasteiger partial charge is 0.354 e. The summed E-state index contributed by atoms with van der Waals surface area (Å²) in [5, 5.41) is 5.14.